The van der Waals surface area contributed by atoms with E-state index in [2.05, 4.69) is 49.0 Å². The van der Waals surface area contributed by atoms with Gasteiger partial charge in [0.15, 0.2) is 5.13 Å². The molecule has 0 unspecified atom stereocenters. The molecule has 38 heavy (non-hydrogen) atoms. The van der Waals surface area contributed by atoms with Crippen molar-refractivity contribution in [3.05, 3.63) is 58.6 Å². The number of nitrogens with two attached hydrogens (primary N) is 1. The molecular weight excluding hydrogens is 528 g/mol. The van der Waals surface area contributed by atoms with Crippen LogP contribution in [0.1, 0.15) is 26.5 Å². The normalized spacial score (nSPS) is 14.3. The number of likely N-dealkylation sites (N-methyl/N-ethyl adjacent to an activating group) is 1. The number of benzene rings is 1. The fraction of sp³-hybridized carbons (Fsp3) is 0.333. The number of carbonyl (C=O) groups is 1. The molecule has 3 heterocycles. The third kappa shape index (κ3) is 6.64. The van der Waals surface area contributed by atoms with Crippen molar-refractivity contribution >= 4 is 50.0 Å². The number of primary sulfonamides is 1. The van der Waals surface area contributed by atoms with E-state index in [9.17, 15) is 18.3 Å². The van der Waals surface area contributed by atoms with Gasteiger partial charge in [-0.3, -0.25) is 5.32 Å². The Morgan fingerprint density at radius 3 is 2.58 bits per heavy atom. The second kappa shape index (κ2) is 11.4. The molecule has 2 aromatic heterocycles. The number of aromatic carboxylic acids is 1. The van der Waals surface area contributed by atoms with Gasteiger partial charge in [0, 0.05) is 38.8 Å². The molecule has 1 fully saturated rings. The number of hydrogen-bond donors (Lipinski definition) is 4. The Kier molecular flexibility index (Phi) is 8.26. The number of sulfonamides is 1. The van der Waals surface area contributed by atoms with Gasteiger partial charge in [0.1, 0.15) is 16.5 Å². The highest BCUT2D eigenvalue weighted by atomic mass is 32.2. The number of allylic oxidation sites excluding steroid dienone is 1. The monoisotopic (exact) mass is 558 g/mol. The van der Waals surface area contributed by atoms with Crippen molar-refractivity contribution in [3.8, 4) is 0 Å². The molecule has 0 spiro atoms. The van der Waals surface area contributed by atoms with Crippen LogP contribution in [0, 0.1) is 6.92 Å². The van der Waals surface area contributed by atoms with E-state index in [-0.39, 0.29) is 15.7 Å². The summed E-state index contributed by atoms with van der Waals surface area (Å²) in [6.07, 6.45) is 1.99. The van der Waals surface area contributed by atoms with Gasteiger partial charge in [-0.25, -0.2) is 23.3 Å². The maximum atomic E-state index is 11.9. The van der Waals surface area contributed by atoms with Crippen LogP contribution < -0.4 is 20.7 Å². The molecule has 0 atom stereocenters. The standard InChI is InChI=1S/C24H30N8O4S2/c1-4-5-17-12-16(6-7-18(17)38(25,35)36)14-26-19-13-20(32-10-8-31(3)9-11-32)29-23(28-19)30-24-27-15(2)21(37-24)22(33)34/h4,6-7,12-13H,1,5,8-11,14H2,2-3H3,(H,33,34)(H2,25,35,36)(H2,26,27,28,29,30). The van der Waals surface area contributed by atoms with Crippen LogP contribution in [0.15, 0.2) is 41.8 Å². The van der Waals surface area contributed by atoms with E-state index in [4.69, 9.17) is 5.14 Å². The van der Waals surface area contributed by atoms with Crippen LogP contribution in [0.5, 0.6) is 0 Å². The van der Waals surface area contributed by atoms with Gasteiger partial charge in [-0.15, -0.1) is 6.58 Å². The third-order valence-corrected chi connectivity index (χ3v) is 8.09. The average molecular weight is 559 g/mol. The highest BCUT2D eigenvalue weighted by Gasteiger charge is 2.19. The zero-order chi connectivity index (χ0) is 27.4. The molecule has 12 nitrogen and oxygen atoms in total. The number of nitrogens with zero attached hydrogens (tertiary/aromatic N) is 5. The molecule has 14 heteroatoms. The van der Waals surface area contributed by atoms with Gasteiger partial charge >= 0.3 is 5.97 Å². The van der Waals surface area contributed by atoms with Crippen molar-refractivity contribution in [2.75, 3.05) is 48.8 Å². The number of anilines is 4. The number of carboxylic acids is 1. The largest absolute Gasteiger partial charge is 0.477 e. The first kappa shape index (κ1) is 27.4. The van der Waals surface area contributed by atoms with Gasteiger partial charge in [-0.1, -0.05) is 29.5 Å². The molecule has 3 aromatic rings. The van der Waals surface area contributed by atoms with E-state index in [0.717, 1.165) is 48.9 Å². The molecule has 1 aliphatic rings. The minimum Gasteiger partial charge on any atom is -0.477 e. The Labute approximate surface area is 225 Å². The lowest BCUT2D eigenvalue weighted by Gasteiger charge is -2.33. The van der Waals surface area contributed by atoms with Gasteiger partial charge in [0.2, 0.25) is 16.0 Å². The van der Waals surface area contributed by atoms with E-state index >= 15 is 0 Å². The number of rotatable bonds is 10. The van der Waals surface area contributed by atoms with Gasteiger partial charge in [0.05, 0.1) is 10.6 Å². The fourth-order valence-corrected chi connectivity index (χ4v) is 5.61. The third-order valence-electron chi connectivity index (χ3n) is 6.02. The van der Waals surface area contributed by atoms with Crippen molar-refractivity contribution < 1.29 is 18.3 Å². The number of hydrogen-bond acceptors (Lipinski definition) is 11. The molecule has 0 bridgehead atoms. The van der Waals surface area contributed by atoms with Crippen LogP contribution in [0.3, 0.4) is 0 Å². The molecule has 0 radical (unpaired) electrons. The molecule has 0 aliphatic carbocycles. The van der Waals surface area contributed by atoms with Crippen LogP contribution >= 0.6 is 11.3 Å². The molecular formula is C24H30N8O4S2. The number of nitrogens with one attached hydrogen (secondary N) is 2. The number of aromatic nitrogens is 3. The van der Waals surface area contributed by atoms with Crippen molar-refractivity contribution in [2.24, 2.45) is 5.14 Å². The quantitative estimate of drug-likeness (QED) is 0.270. The first-order chi connectivity index (χ1) is 18.0. The summed E-state index contributed by atoms with van der Waals surface area (Å²) in [4.78, 5) is 29.6. The van der Waals surface area contributed by atoms with E-state index in [1.807, 2.05) is 6.07 Å². The van der Waals surface area contributed by atoms with E-state index in [1.165, 1.54) is 6.07 Å². The Hall–Kier alpha value is -3.59. The predicted octanol–water partition coefficient (Wildman–Crippen LogP) is 2.42. The summed E-state index contributed by atoms with van der Waals surface area (Å²) in [6, 6.07) is 6.84. The Balaban J connectivity index is 1.61. The zero-order valence-electron chi connectivity index (χ0n) is 21.1. The molecule has 202 valence electrons. The van der Waals surface area contributed by atoms with E-state index in [1.54, 1.807) is 25.1 Å². The smallest absolute Gasteiger partial charge is 0.347 e. The molecule has 1 aliphatic heterocycles. The lowest BCUT2D eigenvalue weighted by molar-refractivity contribution is 0.0701. The van der Waals surface area contributed by atoms with Crippen molar-refractivity contribution in [1.29, 1.82) is 0 Å². The van der Waals surface area contributed by atoms with Crippen LogP contribution in [0.2, 0.25) is 0 Å². The Morgan fingerprint density at radius 2 is 1.95 bits per heavy atom. The van der Waals surface area contributed by atoms with Crippen molar-refractivity contribution in [3.63, 3.8) is 0 Å². The second-order valence-electron chi connectivity index (χ2n) is 8.92. The number of piperazine rings is 1. The van der Waals surface area contributed by atoms with Crippen LogP contribution in [0.25, 0.3) is 0 Å². The molecule has 0 amide bonds. The summed E-state index contributed by atoms with van der Waals surface area (Å²) >= 11 is 1.02. The second-order valence-corrected chi connectivity index (χ2v) is 11.5. The highest BCUT2D eigenvalue weighted by molar-refractivity contribution is 7.89. The molecule has 4 rings (SSSR count). The topological polar surface area (TPSA) is 167 Å². The minimum absolute atomic E-state index is 0.0755. The van der Waals surface area contributed by atoms with E-state index < -0.39 is 16.0 Å². The fourth-order valence-electron chi connectivity index (χ4n) is 4.05. The summed E-state index contributed by atoms with van der Waals surface area (Å²) in [5, 5.41) is 21.4. The SMILES string of the molecule is C=CCc1cc(CNc2cc(N3CCN(C)CC3)nc(Nc3nc(C)c(C(=O)O)s3)n2)ccc1S(N)(=O)=O. The van der Waals surface area contributed by atoms with E-state index in [0.29, 0.717) is 35.2 Å². The van der Waals surface area contributed by atoms with Gasteiger partial charge in [-0.2, -0.15) is 9.97 Å². The van der Waals surface area contributed by atoms with Crippen molar-refractivity contribution in [2.45, 2.75) is 24.8 Å². The maximum absolute atomic E-state index is 11.9. The highest BCUT2D eigenvalue weighted by Crippen LogP contribution is 2.27. The van der Waals surface area contributed by atoms with Gasteiger partial charge in [0.25, 0.3) is 0 Å². The summed E-state index contributed by atoms with van der Waals surface area (Å²) < 4.78 is 23.9. The maximum Gasteiger partial charge on any atom is 0.347 e. The Morgan fingerprint density at radius 1 is 1.21 bits per heavy atom. The van der Waals surface area contributed by atoms with Crippen LogP contribution in [0.4, 0.5) is 22.7 Å². The average Bonchev–Trinajstić information content (AvgIpc) is 3.22. The lowest BCUT2D eigenvalue weighted by atomic mass is 10.1. The minimum atomic E-state index is -3.85. The molecule has 0 saturated carbocycles. The Bertz CT molecular complexity index is 1450. The summed E-state index contributed by atoms with van der Waals surface area (Å²) in [6.45, 7) is 9.09. The predicted molar refractivity (Wildman–Crippen MR) is 148 cm³/mol. The zero-order valence-corrected chi connectivity index (χ0v) is 22.8. The molecule has 1 saturated heterocycles. The lowest BCUT2D eigenvalue weighted by Crippen LogP contribution is -2.44. The molecule has 1 aromatic carbocycles. The first-order valence-electron chi connectivity index (χ1n) is 11.8. The summed E-state index contributed by atoms with van der Waals surface area (Å²) in [7, 11) is -1.78. The van der Waals surface area contributed by atoms with Crippen molar-refractivity contribution in [1.82, 2.24) is 19.9 Å². The van der Waals surface area contributed by atoms with Gasteiger partial charge < -0.3 is 20.2 Å². The molecule has 5 N–H and O–H groups in total. The van der Waals surface area contributed by atoms with Crippen LogP contribution in [-0.4, -0.2) is 72.6 Å². The first-order valence-corrected chi connectivity index (χ1v) is 14.2. The van der Waals surface area contributed by atoms with Gasteiger partial charge in [-0.05, 0) is 37.6 Å². The number of aryl methyl sites for hydroxylation is 1. The number of carboxylic acid groups (broad SMARTS) is 1. The van der Waals surface area contributed by atoms with Crippen LogP contribution in [-0.2, 0) is 23.0 Å². The number of thiazole rings is 1. The summed E-state index contributed by atoms with van der Waals surface area (Å²) in [5.74, 6) is 0.518. The summed E-state index contributed by atoms with van der Waals surface area (Å²) in [5.41, 5.74) is 1.82.